The number of nitrogen functional groups attached to an aromatic ring is 1. The number of benzene rings is 1. The van der Waals surface area contributed by atoms with Crippen molar-refractivity contribution in [1.82, 2.24) is 9.55 Å². The minimum absolute atomic E-state index is 0.153. The molecule has 1 aromatic carbocycles. The van der Waals surface area contributed by atoms with Crippen LogP contribution < -0.4 is 5.73 Å². The van der Waals surface area contributed by atoms with Crippen LogP contribution >= 0.6 is 11.8 Å². The number of rotatable bonds is 2. The van der Waals surface area contributed by atoms with Gasteiger partial charge in [0.2, 0.25) is 5.95 Å². The average molecular weight is 283 g/mol. The fraction of sp³-hybridized carbons (Fsp3) is 0.462. The fourth-order valence-electron chi connectivity index (χ4n) is 2.51. The third-order valence-electron chi connectivity index (χ3n) is 3.46. The van der Waals surface area contributed by atoms with Crippen LogP contribution in [0.5, 0.6) is 0 Å². The number of imidazole rings is 1. The zero-order valence-corrected chi connectivity index (χ0v) is 11.2. The molecule has 0 aliphatic carbocycles. The first-order chi connectivity index (χ1) is 9.15. The van der Waals surface area contributed by atoms with Crippen LogP contribution in [0, 0.1) is 11.6 Å². The molecule has 1 fully saturated rings. The molecule has 1 unspecified atom stereocenters. The number of aromatic nitrogens is 2. The summed E-state index contributed by atoms with van der Waals surface area (Å²) in [7, 11) is 0. The number of halogens is 2. The van der Waals surface area contributed by atoms with Crippen molar-refractivity contribution in [3.8, 4) is 0 Å². The van der Waals surface area contributed by atoms with Gasteiger partial charge < -0.3 is 10.3 Å². The van der Waals surface area contributed by atoms with Gasteiger partial charge in [-0.1, -0.05) is 6.42 Å². The largest absolute Gasteiger partial charge is 0.369 e. The molecular weight excluding hydrogens is 268 g/mol. The molecule has 0 radical (unpaired) electrons. The van der Waals surface area contributed by atoms with E-state index in [1.165, 1.54) is 18.9 Å². The van der Waals surface area contributed by atoms with Crippen molar-refractivity contribution in [2.45, 2.75) is 31.1 Å². The molecule has 1 aromatic heterocycles. The van der Waals surface area contributed by atoms with E-state index in [0.717, 1.165) is 18.2 Å². The van der Waals surface area contributed by atoms with Gasteiger partial charge in [-0.25, -0.2) is 13.8 Å². The smallest absolute Gasteiger partial charge is 0.201 e. The van der Waals surface area contributed by atoms with Gasteiger partial charge in [-0.15, -0.1) is 0 Å². The Morgan fingerprint density at radius 2 is 2.21 bits per heavy atom. The van der Waals surface area contributed by atoms with Gasteiger partial charge in [0.05, 0.1) is 5.52 Å². The van der Waals surface area contributed by atoms with Crippen LogP contribution in [0.1, 0.15) is 19.3 Å². The third-order valence-corrected chi connectivity index (χ3v) is 4.84. The SMILES string of the molecule is Nc1nc2c(F)cc(F)cc2n1CC1CCCCS1. The van der Waals surface area contributed by atoms with Gasteiger partial charge in [-0.2, -0.15) is 11.8 Å². The Kier molecular flexibility index (Phi) is 3.35. The summed E-state index contributed by atoms with van der Waals surface area (Å²) in [4.78, 5) is 4.01. The Hall–Kier alpha value is -1.30. The Balaban J connectivity index is 1.99. The van der Waals surface area contributed by atoms with Crippen molar-refractivity contribution < 1.29 is 8.78 Å². The summed E-state index contributed by atoms with van der Waals surface area (Å²) in [6.45, 7) is 0.663. The summed E-state index contributed by atoms with van der Waals surface area (Å²) in [5, 5.41) is 0.444. The van der Waals surface area contributed by atoms with E-state index in [0.29, 0.717) is 17.3 Å². The van der Waals surface area contributed by atoms with Crippen molar-refractivity contribution in [3.63, 3.8) is 0 Å². The highest BCUT2D eigenvalue weighted by Crippen LogP contribution is 2.29. The van der Waals surface area contributed by atoms with E-state index in [4.69, 9.17) is 5.73 Å². The monoisotopic (exact) mass is 283 g/mol. The molecule has 3 nitrogen and oxygen atoms in total. The van der Waals surface area contributed by atoms with Crippen LogP contribution in [0.25, 0.3) is 11.0 Å². The Labute approximate surface area is 114 Å². The molecule has 19 heavy (non-hydrogen) atoms. The molecule has 2 N–H and O–H groups in total. The number of hydrogen-bond acceptors (Lipinski definition) is 3. The average Bonchev–Trinajstić information content (AvgIpc) is 2.69. The summed E-state index contributed by atoms with van der Waals surface area (Å²) in [6.07, 6.45) is 3.55. The summed E-state index contributed by atoms with van der Waals surface area (Å²) < 4.78 is 28.7. The summed E-state index contributed by atoms with van der Waals surface area (Å²) in [5.74, 6) is 0.143. The van der Waals surface area contributed by atoms with Gasteiger partial charge in [-0.05, 0) is 18.6 Å². The first-order valence-electron chi connectivity index (χ1n) is 6.37. The molecule has 2 aromatic rings. The van der Waals surface area contributed by atoms with Crippen molar-refractivity contribution in [2.24, 2.45) is 0 Å². The predicted octanol–water partition coefficient (Wildman–Crippen LogP) is 3.18. The van der Waals surface area contributed by atoms with Crippen LogP contribution in [-0.2, 0) is 6.54 Å². The van der Waals surface area contributed by atoms with E-state index in [9.17, 15) is 8.78 Å². The van der Waals surface area contributed by atoms with Gasteiger partial charge in [-0.3, -0.25) is 0 Å². The number of thioether (sulfide) groups is 1. The molecular formula is C13H15F2N3S. The number of fused-ring (bicyclic) bond motifs is 1. The highest BCUT2D eigenvalue weighted by atomic mass is 32.2. The fourth-order valence-corrected chi connectivity index (χ4v) is 3.81. The molecule has 1 atom stereocenters. The van der Waals surface area contributed by atoms with Gasteiger partial charge in [0.1, 0.15) is 11.3 Å². The van der Waals surface area contributed by atoms with E-state index < -0.39 is 11.6 Å². The molecule has 0 amide bonds. The Morgan fingerprint density at radius 3 is 2.95 bits per heavy atom. The van der Waals surface area contributed by atoms with Crippen LogP contribution in [0.4, 0.5) is 14.7 Å². The molecule has 3 rings (SSSR count). The Morgan fingerprint density at radius 1 is 1.37 bits per heavy atom. The molecule has 102 valence electrons. The Bertz CT molecular complexity index is 605. The van der Waals surface area contributed by atoms with E-state index in [-0.39, 0.29) is 11.5 Å². The first kappa shape index (κ1) is 12.7. The molecule has 1 saturated heterocycles. The number of anilines is 1. The third kappa shape index (κ3) is 2.41. The second-order valence-electron chi connectivity index (χ2n) is 4.82. The normalized spacial score (nSPS) is 20.0. The van der Waals surface area contributed by atoms with Crippen molar-refractivity contribution in [1.29, 1.82) is 0 Å². The minimum atomic E-state index is -0.656. The zero-order chi connectivity index (χ0) is 13.4. The van der Waals surface area contributed by atoms with Crippen LogP contribution in [0.15, 0.2) is 12.1 Å². The standard InChI is InChI=1S/C13H15F2N3S/c14-8-5-10(15)12-11(6-8)18(13(16)17-12)7-9-3-1-2-4-19-9/h5-6,9H,1-4,7H2,(H2,16,17). The molecule has 0 saturated carbocycles. The second kappa shape index (κ2) is 5.00. The predicted molar refractivity (Wildman–Crippen MR) is 74.2 cm³/mol. The zero-order valence-electron chi connectivity index (χ0n) is 10.4. The van der Waals surface area contributed by atoms with Gasteiger partial charge in [0.25, 0.3) is 0 Å². The van der Waals surface area contributed by atoms with Gasteiger partial charge >= 0.3 is 0 Å². The lowest BCUT2D eigenvalue weighted by atomic mass is 10.2. The lowest BCUT2D eigenvalue weighted by Gasteiger charge is -2.22. The molecule has 6 heteroatoms. The highest BCUT2D eigenvalue weighted by Gasteiger charge is 2.19. The lowest BCUT2D eigenvalue weighted by Crippen LogP contribution is -2.18. The van der Waals surface area contributed by atoms with Crippen LogP contribution in [0.2, 0.25) is 0 Å². The van der Waals surface area contributed by atoms with Crippen LogP contribution in [-0.4, -0.2) is 20.6 Å². The quantitative estimate of drug-likeness (QED) is 0.920. The number of nitrogens with zero attached hydrogens (tertiary/aromatic N) is 2. The van der Waals surface area contributed by atoms with E-state index in [1.54, 1.807) is 4.57 Å². The van der Waals surface area contributed by atoms with Crippen LogP contribution in [0.3, 0.4) is 0 Å². The maximum atomic E-state index is 13.6. The van der Waals surface area contributed by atoms with Gasteiger partial charge in [0.15, 0.2) is 5.82 Å². The molecule has 2 heterocycles. The molecule has 1 aliphatic rings. The second-order valence-corrected chi connectivity index (χ2v) is 6.23. The molecule has 0 spiro atoms. The minimum Gasteiger partial charge on any atom is -0.369 e. The first-order valence-corrected chi connectivity index (χ1v) is 7.42. The van der Waals surface area contributed by atoms with E-state index in [1.807, 2.05) is 11.8 Å². The number of nitrogens with two attached hydrogens (primary N) is 1. The van der Waals surface area contributed by atoms with E-state index >= 15 is 0 Å². The maximum Gasteiger partial charge on any atom is 0.201 e. The lowest BCUT2D eigenvalue weighted by molar-refractivity contribution is 0.584. The summed E-state index contributed by atoms with van der Waals surface area (Å²) >= 11 is 1.90. The highest BCUT2D eigenvalue weighted by molar-refractivity contribution is 7.99. The van der Waals surface area contributed by atoms with Crippen molar-refractivity contribution >= 4 is 28.7 Å². The summed E-state index contributed by atoms with van der Waals surface area (Å²) in [5.41, 5.74) is 6.44. The maximum absolute atomic E-state index is 13.6. The molecule has 1 aliphatic heterocycles. The topological polar surface area (TPSA) is 43.8 Å². The molecule has 0 bridgehead atoms. The van der Waals surface area contributed by atoms with Crippen molar-refractivity contribution in [2.75, 3.05) is 11.5 Å². The van der Waals surface area contributed by atoms with Gasteiger partial charge in [0, 0.05) is 23.9 Å². The number of hydrogen-bond donors (Lipinski definition) is 1. The van der Waals surface area contributed by atoms with Crippen molar-refractivity contribution in [3.05, 3.63) is 23.8 Å². The summed E-state index contributed by atoms with van der Waals surface area (Å²) in [6, 6.07) is 2.14. The van der Waals surface area contributed by atoms with E-state index in [2.05, 4.69) is 4.98 Å².